The van der Waals surface area contributed by atoms with Crippen LogP contribution in [0.3, 0.4) is 0 Å². The summed E-state index contributed by atoms with van der Waals surface area (Å²) in [6.07, 6.45) is -0.907. The van der Waals surface area contributed by atoms with Crippen molar-refractivity contribution in [3.05, 3.63) is 66.5 Å². The Morgan fingerprint density at radius 3 is 2.71 bits per heavy atom. The lowest BCUT2D eigenvalue weighted by Crippen LogP contribution is -2.38. The molecule has 2 unspecified atom stereocenters. The Morgan fingerprint density at radius 2 is 1.93 bits per heavy atom. The highest BCUT2D eigenvalue weighted by molar-refractivity contribution is 5.98. The number of ether oxygens (including phenoxy) is 2. The number of nitrogens with zero attached hydrogens (tertiary/aromatic N) is 3. The molecule has 1 aliphatic heterocycles. The van der Waals surface area contributed by atoms with Crippen molar-refractivity contribution in [2.45, 2.75) is 45.0 Å². The fraction of sp³-hybridized carbons (Fsp3) is 0.367. The van der Waals surface area contributed by atoms with Crippen molar-refractivity contribution >= 4 is 22.4 Å². The van der Waals surface area contributed by atoms with Crippen LogP contribution in [0.4, 0.5) is 24.8 Å². The van der Waals surface area contributed by atoms with Crippen LogP contribution in [0.1, 0.15) is 25.3 Å². The quantitative estimate of drug-likeness (QED) is 0.205. The Balaban J connectivity index is 1.43. The highest BCUT2D eigenvalue weighted by atomic mass is 19.4. The molecule has 216 valence electrons. The minimum absolute atomic E-state index is 0.0351. The van der Waals surface area contributed by atoms with Gasteiger partial charge in [0.05, 0.1) is 17.8 Å². The zero-order chi connectivity index (χ0) is 28.8. The van der Waals surface area contributed by atoms with Gasteiger partial charge >= 0.3 is 6.18 Å². The van der Waals surface area contributed by atoms with Gasteiger partial charge in [-0.1, -0.05) is 24.3 Å². The molecule has 3 heterocycles. The van der Waals surface area contributed by atoms with E-state index in [9.17, 15) is 13.2 Å². The average Bonchev–Trinajstić information content (AvgIpc) is 2.97. The predicted octanol–water partition coefficient (Wildman–Crippen LogP) is 6.34. The maximum absolute atomic E-state index is 13.4. The molecule has 8 nitrogen and oxygen atoms in total. The summed E-state index contributed by atoms with van der Waals surface area (Å²) < 4.78 is 51.6. The molecule has 2 aromatic heterocycles. The standard InChI is InChI=1S/C30H33F3N6O2/c1-3-40-26(30(31,32)33)18-37-24-10-4-8-22-21(24)12-11-19(2)27(22)41-28-23(9-6-15-35-28)25-13-16-36-29(39-25)38-20-7-5-14-34-17-20/h4,6,8-13,15-16,20,26,34,37H,3,5,7,14,17-18H2,1-2H3,(H,36,38,39). The molecule has 3 N–H and O–H groups in total. The van der Waals surface area contributed by atoms with Crippen LogP contribution in [0, 0.1) is 6.92 Å². The normalized spacial score (nSPS) is 16.4. The van der Waals surface area contributed by atoms with E-state index in [-0.39, 0.29) is 12.6 Å². The number of aromatic nitrogens is 3. The maximum Gasteiger partial charge on any atom is 0.416 e. The van der Waals surface area contributed by atoms with Crippen LogP contribution in [0.5, 0.6) is 11.6 Å². The number of aryl methyl sites for hydroxylation is 1. The minimum atomic E-state index is -4.47. The van der Waals surface area contributed by atoms with Gasteiger partial charge in [-0.2, -0.15) is 13.2 Å². The van der Waals surface area contributed by atoms with Gasteiger partial charge in [0.15, 0.2) is 6.10 Å². The zero-order valence-corrected chi connectivity index (χ0v) is 23.0. The van der Waals surface area contributed by atoms with Crippen molar-refractivity contribution in [1.29, 1.82) is 0 Å². The second-order valence-electron chi connectivity index (χ2n) is 9.89. The molecule has 2 atom stereocenters. The van der Waals surface area contributed by atoms with Crippen molar-refractivity contribution in [1.82, 2.24) is 20.3 Å². The van der Waals surface area contributed by atoms with E-state index < -0.39 is 18.8 Å². The molecule has 0 aliphatic carbocycles. The average molecular weight is 567 g/mol. The van der Waals surface area contributed by atoms with Crippen LogP contribution >= 0.6 is 0 Å². The molecular formula is C30H33F3N6O2. The molecule has 0 bridgehead atoms. The number of hydrogen-bond donors (Lipinski definition) is 3. The van der Waals surface area contributed by atoms with Crippen LogP contribution in [0.2, 0.25) is 0 Å². The summed E-state index contributed by atoms with van der Waals surface area (Å²) in [6.45, 7) is 4.88. The number of pyridine rings is 1. The van der Waals surface area contributed by atoms with Crippen molar-refractivity contribution in [3.8, 4) is 22.9 Å². The molecular weight excluding hydrogens is 533 g/mol. The van der Waals surface area contributed by atoms with Crippen molar-refractivity contribution in [2.75, 3.05) is 36.9 Å². The molecule has 0 spiro atoms. The number of hydrogen-bond acceptors (Lipinski definition) is 8. The molecule has 41 heavy (non-hydrogen) atoms. The SMILES string of the molecule is CCOC(CNc1cccc2c(Oc3ncccc3-c3ccnc(NC4CCCNC4)n3)c(C)ccc12)C(F)(F)F. The van der Waals surface area contributed by atoms with Crippen LogP contribution in [0.25, 0.3) is 22.0 Å². The molecule has 1 aliphatic rings. The molecule has 2 aromatic carbocycles. The third-order valence-electron chi connectivity index (χ3n) is 6.95. The van der Waals surface area contributed by atoms with Gasteiger partial charge in [0.25, 0.3) is 0 Å². The fourth-order valence-corrected chi connectivity index (χ4v) is 4.90. The van der Waals surface area contributed by atoms with Gasteiger partial charge in [-0.05, 0) is 63.1 Å². The van der Waals surface area contributed by atoms with Crippen LogP contribution in [-0.4, -0.2) is 59.5 Å². The summed E-state index contributed by atoms with van der Waals surface area (Å²) in [4.78, 5) is 13.6. The first-order chi connectivity index (χ1) is 19.8. The first-order valence-corrected chi connectivity index (χ1v) is 13.7. The number of anilines is 2. The van der Waals surface area contributed by atoms with E-state index in [0.29, 0.717) is 34.5 Å². The summed E-state index contributed by atoms with van der Waals surface area (Å²) >= 11 is 0. The molecule has 4 aromatic rings. The molecule has 5 rings (SSSR count). The number of alkyl halides is 3. The molecule has 0 amide bonds. The highest BCUT2D eigenvalue weighted by Gasteiger charge is 2.40. The van der Waals surface area contributed by atoms with Crippen molar-refractivity contribution in [3.63, 3.8) is 0 Å². The predicted molar refractivity (Wildman–Crippen MR) is 153 cm³/mol. The van der Waals surface area contributed by atoms with E-state index in [2.05, 4.69) is 25.9 Å². The number of halogens is 3. The Morgan fingerprint density at radius 1 is 1.05 bits per heavy atom. The zero-order valence-electron chi connectivity index (χ0n) is 23.0. The van der Waals surface area contributed by atoms with Gasteiger partial charge in [-0.3, -0.25) is 0 Å². The van der Waals surface area contributed by atoms with E-state index in [1.165, 1.54) is 0 Å². The van der Waals surface area contributed by atoms with Crippen molar-refractivity contribution in [2.24, 2.45) is 0 Å². The van der Waals surface area contributed by atoms with Gasteiger partial charge in [0.2, 0.25) is 11.8 Å². The van der Waals surface area contributed by atoms with Crippen LogP contribution in [-0.2, 0) is 4.74 Å². The second-order valence-corrected chi connectivity index (χ2v) is 9.89. The Hall–Kier alpha value is -3.96. The molecule has 11 heteroatoms. The topological polar surface area (TPSA) is 93.2 Å². The largest absolute Gasteiger partial charge is 0.437 e. The maximum atomic E-state index is 13.4. The van der Waals surface area contributed by atoms with Gasteiger partial charge < -0.3 is 25.4 Å². The molecule has 1 saturated heterocycles. The van der Waals surface area contributed by atoms with Crippen molar-refractivity contribution < 1.29 is 22.6 Å². The molecule has 0 radical (unpaired) electrons. The second kappa shape index (κ2) is 12.7. The number of benzene rings is 2. The van der Waals surface area contributed by atoms with Gasteiger partial charge in [0, 0.05) is 48.0 Å². The van der Waals surface area contributed by atoms with Crippen LogP contribution in [0.15, 0.2) is 60.9 Å². The molecule has 0 saturated carbocycles. The van der Waals surface area contributed by atoms with E-state index in [1.54, 1.807) is 31.5 Å². The fourth-order valence-electron chi connectivity index (χ4n) is 4.90. The summed E-state index contributed by atoms with van der Waals surface area (Å²) in [5, 5.41) is 11.2. The monoisotopic (exact) mass is 566 g/mol. The lowest BCUT2D eigenvalue weighted by atomic mass is 10.0. The highest BCUT2D eigenvalue weighted by Crippen LogP contribution is 2.39. The van der Waals surface area contributed by atoms with E-state index >= 15 is 0 Å². The van der Waals surface area contributed by atoms with Crippen LogP contribution < -0.4 is 20.7 Å². The van der Waals surface area contributed by atoms with Gasteiger partial charge in [-0.25, -0.2) is 15.0 Å². The third kappa shape index (κ3) is 6.86. The lowest BCUT2D eigenvalue weighted by molar-refractivity contribution is -0.214. The summed E-state index contributed by atoms with van der Waals surface area (Å²) in [7, 11) is 0. The number of nitrogens with one attached hydrogen (secondary N) is 3. The Labute approximate surface area is 236 Å². The van der Waals surface area contributed by atoms with Gasteiger partial charge in [0.1, 0.15) is 5.75 Å². The third-order valence-corrected chi connectivity index (χ3v) is 6.95. The smallest absolute Gasteiger partial charge is 0.416 e. The Bertz CT molecular complexity index is 1480. The minimum Gasteiger partial charge on any atom is -0.437 e. The lowest BCUT2D eigenvalue weighted by Gasteiger charge is -2.23. The number of fused-ring (bicyclic) bond motifs is 1. The molecule has 1 fully saturated rings. The number of piperidine rings is 1. The van der Waals surface area contributed by atoms with E-state index in [4.69, 9.17) is 14.5 Å². The first kappa shape index (κ1) is 28.6. The summed E-state index contributed by atoms with van der Waals surface area (Å²) in [5.74, 6) is 1.45. The first-order valence-electron chi connectivity index (χ1n) is 13.7. The Kier molecular flexibility index (Phi) is 8.84. The number of rotatable bonds is 10. The summed E-state index contributed by atoms with van der Waals surface area (Å²) in [6, 6.07) is 14.9. The summed E-state index contributed by atoms with van der Waals surface area (Å²) in [5.41, 5.74) is 2.74. The van der Waals surface area contributed by atoms with E-state index in [0.717, 1.165) is 42.3 Å². The van der Waals surface area contributed by atoms with Gasteiger partial charge in [-0.15, -0.1) is 0 Å². The van der Waals surface area contributed by atoms with E-state index in [1.807, 2.05) is 43.3 Å².